The second-order valence-corrected chi connectivity index (χ2v) is 3.68. The first-order chi connectivity index (χ1) is 9.29. The molecule has 1 N–H and O–H groups in total. The molecule has 1 amide bonds. The molecule has 1 aromatic carbocycles. The Bertz CT molecular complexity index is 543. The summed E-state index contributed by atoms with van der Waals surface area (Å²) < 4.78 is 5.61. The van der Waals surface area contributed by atoms with Crippen molar-refractivity contribution in [3.63, 3.8) is 0 Å². The minimum absolute atomic E-state index is 0.304. The molecule has 0 unspecified atom stereocenters. The molecule has 0 saturated heterocycles. The summed E-state index contributed by atoms with van der Waals surface area (Å²) in [6.07, 6.45) is 3.28. The number of hydrogen-bond donors (Lipinski definition) is 1. The van der Waals surface area contributed by atoms with Crippen LogP contribution in [0.15, 0.2) is 48.8 Å². The highest BCUT2D eigenvalue weighted by Gasteiger charge is 2.06. The van der Waals surface area contributed by atoms with E-state index in [4.69, 9.17) is 9.57 Å². The summed E-state index contributed by atoms with van der Waals surface area (Å²) in [5, 5.41) is 0. The van der Waals surface area contributed by atoms with Crippen LogP contribution in [0.2, 0.25) is 0 Å². The molecular weight excluding hydrogens is 244 g/mol. The quantitative estimate of drug-likeness (QED) is 0.837. The molecule has 2 rings (SSSR count). The van der Waals surface area contributed by atoms with E-state index in [0.29, 0.717) is 23.7 Å². The van der Waals surface area contributed by atoms with E-state index in [1.54, 1.807) is 55.7 Å². The third-order valence-corrected chi connectivity index (χ3v) is 2.29. The van der Waals surface area contributed by atoms with Gasteiger partial charge in [0.15, 0.2) is 0 Å². The fourth-order valence-corrected chi connectivity index (χ4v) is 1.44. The zero-order valence-corrected chi connectivity index (χ0v) is 10.5. The van der Waals surface area contributed by atoms with Gasteiger partial charge in [-0.05, 0) is 37.3 Å². The van der Waals surface area contributed by atoms with Crippen molar-refractivity contribution in [1.29, 1.82) is 0 Å². The lowest BCUT2D eigenvalue weighted by molar-refractivity contribution is 0.0364. The van der Waals surface area contributed by atoms with Crippen LogP contribution in [-0.4, -0.2) is 17.5 Å². The molecule has 0 aliphatic carbocycles. The Labute approximate surface area is 111 Å². The van der Waals surface area contributed by atoms with E-state index in [9.17, 15) is 4.79 Å². The lowest BCUT2D eigenvalue weighted by Gasteiger charge is -2.07. The van der Waals surface area contributed by atoms with E-state index in [1.807, 2.05) is 0 Å². The third kappa shape index (κ3) is 3.79. The molecule has 19 heavy (non-hydrogen) atoms. The summed E-state index contributed by atoms with van der Waals surface area (Å²) in [6.45, 7) is 2.21. The normalized spacial score (nSPS) is 9.95. The molecule has 2 aromatic rings. The van der Waals surface area contributed by atoms with Gasteiger partial charge < -0.3 is 4.74 Å². The molecule has 5 nitrogen and oxygen atoms in total. The van der Waals surface area contributed by atoms with Gasteiger partial charge in [0.05, 0.1) is 6.61 Å². The van der Waals surface area contributed by atoms with Gasteiger partial charge in [-0.25, -0.2) is 5.48 Å². The van der Waals surface area contributed by atoms with Gasteiger partial charge in [-0.2, -0.15) is 0 Å². The van der Waals surface area contributed by atoms with E-state index in [0.717, 1.165) is 0 Å². The largest absolute Gasteiger partial charge is 0.457 e. The van der Waals surface area contributed by atoms with Gasteiger partial charge in [-0.3, -0.25) is 14.6 Å². The van der Waals surface area contributed by atoms with Crippen LogP contribution in [0.1, 0.15) is 17.3 Å². The lowest BCUT2D eigenvalue weighted by Crippen LogP contribution is -2.23. The van der Waals surface area contributed by atoms with Crippen molar-refractivity contribution in [2.24, 2.45) is 0 Å². The predicted molar refractivity (Wildman–Crippen MR) is 69.8 cm³/mol. The number of nitrogens with zero attached hydrogens (tertiary/aromatic N) is 1. The molecule has 0 atom stereocenters. The number of aromatic nitrogens is 1. The van der Waals surface area contributed by atoms with E-state index in [1.165, 1.54) is 0 Å². The summed E-state index contributed by atoms with van der Waals surface area (Å²) in [5.41, 5.74) is 2.81. The van der Waals surface area contributed by atoms with Gasteiger partial charge in [0.1, 0.15) is 11.5 Å². The smallest absolute Gasteiger partial charge is 0.274 e. The van der Waals surface area contributed by atoms with Crippen LogP contribution in [0.3, 0.4) is 0 Å². The summed E-state index contributed by atoms with van der Waals surface area (Å²) in [7, 11) is 0. The highest BCUT2D eigenvalue weighted by atomic mass is 16.6. The zero-order valence-electron chi connectivity index (χ0n) is 10.5. The number of nitrogens with one attached hydrogen (secondary N) is 1. The first-order valence-corrected chi connectivity index (χ1v) is 5.89. The number of amides is 1. The average Bonchev–Trinajstić information content (AvgIpc) is 2.46. The maximum Gasteiger partial charge on any atom is 0.274 e. The van der Waals surface area contributed by atoms with Crippen molar-refractivity contribution in [3.05, 3.63) is 54.4 Å². The maximum absolute atomic E-state index is 11.7. The van der Waals surface area contributed by atoms with Crippen molar-refractivity contribution in [3.8, 4) is 11.5 Å². The molecule has 0 aliphatic rings. The Morgan fingerprint density at radius 3 is 2.74 bits per heavy atom. The number of carbonyl (C=O) groups excluding carboxylic acids is 1. The molecule has 0 aliphatic heterocycles. The minimum Gasteiger partial charge on any atom is -0.457 e. The number of rotatable bonds is 5. The highest BCUT2D eigenvalue weighted by Crippen LogP contribution is 2.21. The van der Waals surface area contributed by atoms with Gasteiger partial charge in [-0.15, -0.1) is 0 Å². The SMILES string of the molecule is CCONC(=O)c1cccc(Oc2ccncc2)c1. The van der Waals surface area contributed by atoms with Crippen molar-refractivity contribution in [1.82, 2.24) is 10.5 Å². The Hall–Kier alpha value is -2.40. The fraction of sp³-hybridized carbons (Fsp3) is 0.143. The zero-order chi connectivity index (χ0) is 13.5. The Kier molecular flexibility index (Phi) is 4.47. The van der Waals surface area contributed by atoms with Crippen LogP contribution in [0.4, 0.5) is 0 Å². The number of carbonyl (C=O) groups is 1. The Morgan fingerprint density at radius 1 is 1.21 bits per heavy atom. The van der Waals surface area contributed by atoms with Crippen LogP contribution in [-0.2, 0) is 4.84 Å². The van der Waals surface area contributed by atoms with E-state index in [-0.39, 0.29) is 5.91 Å². The number of hydroxylamine groups is 1. The Balaban J connectivity index is 2.09. The van der Waals surface area contributed by atoms with Crippen molar-refractivity contribution in [2.75, 3.05) is 6.61 Å². The molecule has 5 heteroatoms. The molecule has 0 radical (unpaired) electrons. The monoisotopic (exact) mass is 258 g/mol. The van der Waals surface area contributed by atoms with Crippen LogP contribution in [0, 0.1) is 0 Å². The molecule has 0 spiro atoms. The van der Waals surface area contributed by atoms with E-state index >= 15 is 0 Å². The first-order valence-electron chi connectivity index (χ1n) is 5.89. The summed E-state index contributed by atoms with van der Waals surface area (Å²) >= 11 is 0. The van der Waals surface area contributed by atoms with Gasteiger partial charge >= 0.3 is 0 Å². The summed E-state index contributed by atoms with van der Waals surface area (Å²) in [4.78, 5) is 20.5. The van der Waals surface area contributed by atoms with Crippen LogP contribution in [0.5, 0.6) is 11.5 Å². The summed E-state index contributed by atoms with van der Waals surface area (Å²) in [5.74, 6) is 0.940. The molecular formula is C14H14N2O3. The first kappa shape index (κ1) is 13.0. The molecule has 0 saturated carbocycles. The average molecular weight is 258 g/mol. The summed E-state index contributed by atoms with van der Waals surface area (Å²) in [6, 6.07) is 10.3. The Morgan fingerprint density at radius 2 is 2.00 bits per heavy atom. The second kappa shape index (κ2) is 6.51. The van der Waals surface area contributed by atoms with Gasteiger partial charge in [-0.1, -0.05) is 6.07 Å². The maximum atomic E-state index is 11.7. The van der Waals surface area contributed by atoms with Crippen molar-refractivity contribution >= 4 is 5.91 Å². The van der Waals surface area contributed by atoms with Gasteiger partial charge in [0.2, 0.25) is 0 Å². The molecule has 98 valence electrons. The van der Waals surface area contributed by atoms with Crippen LogP contribution in [0.25, 0.3) is 0 Å². The fourth-order valence-electron chi connectivity index (χ4n) is 1.44. The minimum atomic E-state index is -0.304. The van der Waals surface area contributed by atoms with Crippen molar-refractivity contribution in [2.45, 2.75) is 6.92 Å². The lowest BCUT2D eigenvalue weighted by atomic mass is 10.2. The van der Waals surface area contributed by atoms with Gasteiger partial charge in [0.25, 0.3) is 5.91 Å². The van der Waals surface area contributed by atoms with Crippen molar-refractivity contribution < 1.29 is 14.4 Å². The van der Waals surface area contributed by atoms with Crippen LogP contribution >= 0.6 is 0 Å². The standard InChI is InChI=1S/C14H14N2O3/c1-2-18-16-14(17)11-4-3-5-13(10-11)19-12-6-8-15-9-7-12/h3-10H,2H2,1H3,(H,16,17). The molecule has 1 aromatic heterocycles. The predicted octanol–water partition coefficient (Wildman–Crippen LogP) is 2.56. The van der Waals surface area contributed by atoms with Crippen LogP contribution < -0.4 is 10.2 Å². The number of benzene rings is 1. The highest BCUT2D eigenvalue weighted by molar-refractivity contribution is 5.93. The van der Waals surface area contributed by atoms with E-state index < -0.39 is 0 Å². The van der Waals surface area contributed by atoms with Gasteiger partial charge in [0, 0.05) is 18.0 Å². The molecule has 1 heterocycles. The number of hydrogen-bond acceptors (Lipinski definition) is 4. The second-order valence-electron chi connectivity index (χ2n) is 3.68. The topological polar surface area (TPSA) is 60.5 Å². The number of ether oxygens (including phenoxy) is 1. The molecule has 0 bridgehead atoms. The molecule has 0 fully saturated rings. The van der Waals surface area contributed by atoms with E-state index in [2.05, 4.69) is 10.5 Å². The third-order valence-electron chi connectivity index (χ3n) is 2.29. The number of pyridine rings is 1.